The summed E-state index contributed by atoms with van der Waals surface area (Å²) >= 11 is 0. The standard InChI is InChI=1S/C21H20FN7O/c1-12(27-20-15(10-23)19(24)25-11-26-20)17-14(21(30)29-7-2-3-8-29)9-13-5-4-6-16(22)18(13)28-17/h4-6,9,11-12H,2-3,7-8H2,1H3,(H3,24,25,26,27)/t12-/m0/s1. The van der Waals surface area contributed by atoms with E-state index in [1.807, 2.05) is 6.07 Å². The summed E-state index contributed by atoms with van der Waals surface area (Å²) in [7, 11) is 0. The number of aromatic nitrogens is 3. The molecule has 1 aliphatic heterocycles. The lowest BCUT2D eigenvalue weighted by atomic mass is 10.0. The Morgan fingerprint density at radius 3 is 2.83 bits per heavy atom. The van der Waals surface area contributed by atoms with Gasteiger partial charge >= 0.3 is 0 Å². The van der Waals surface area contributed by atoms with Crippen molar-refractivity contribution in [1.82, 2.24) is 19.9 Å². The largest absolute Gasteiger partial charge is 0.382 e. The lowest BCUT2D eigenvalue weighted by molar-refractivity contribution is 0.0791. The van der Waals surface area contributed by atoms with Crippen LogP contribution in [-0.2, 0) is 0 Å². The van der Waals surface area contributed by atoms with E-state index in [2.05, 4.69) is 20.3 Å². The maximum Gasteiger partial charge on any atom is 0.255 e. The molecule has 3 N–H and O–H groups in total. The van der Waals surface area contributed by atoms with Crippen molar-refractivity contribution in [3.8, 4) is 6.07 Å². The van der Waals surface area contributed by atoms with Crippen molar-refractivity contribution >= 4 is 28.4 Å². The molecule has 0 radical (unpaired) electrons. The Morgan fingerprint density at radius 2 is 2.10 bits per heavy atom. The molecule has 1 fully saturated rings. The number of nitriles is 1. The molecule has 1 atom stereocenters. The van der Waals surface area contributed by atoms with Gasteiger partial charge in [-0.05, 0) is 31.9 Å². The molecule has 0 aliphatic carbocycles. The molecule has 1 saturated heterocycles. The van der Waals surface area contributed by atoms with Gasteiger partial charge in [0.25, 0.3) is 5.91 Å². The highest BCUT2D eigenvalue weighted by atomic mass is 19.1. The van der Waals surface area contributed by atoms with E-state index >= 15 is 0 Å². The van der Waals surface area contributed by atoms with E-state index in [9.17, 15) is 14.4 Å². The minimum absolute atomic E-state index is 0.0491. The van der Waals surface area contributed by atoms with Gasteiger partial charge in [0, 0.05) is 18.5 Å². The number of anilines is 2. The lowest BCUT2D eigenvalue weighted by Crippen LogP contribution is -2.30. The highest BCUT2D eigenvalue weighted by molar-refractivity contribution is 5.99. The number of hydrogen-bond acceptors (Lipinski definition) is 7. The van der Waals surface area contributed by atoms with Crippen LogP contribution in [0.2, 0.25) is 0 Å². The maximum atomic E-state index is 14.4. The molecule has 30 heavy (non-hydrogen) atoms. The Balaban J connectivity index is 1.80. The zero-order valence-electron chi connectivity index (χ0n) is 16.4. The van der Waals surface area contributed by atoms with Crippen molar-refractivity contribution in [2.75, 3.05) is 24.1 Å². The van der Waals surface area contributed by atoms with Gasteiger partial charge < -0.3 is 16.0 Å². The highest BCUT2D eigenvalue weighted by Gasteiger charge is 2.26. The van der Waals surface area contributed by atoms with Crippen molar-refractivity contribution in [3.05, 3.63) is 53.2 Å². The molecule has 152 valence electrons. The molecule has 0 spiro atoms. The summed E-state index contributed by atoms with van der Waals surface area (Å²) in [6, 6.07) is 7.76. The third-order valence-electron chi connectivity index (χ3n) is 5.20. The van der Waals surface area contributed by atoms with E-state index in [0.29, 0.717) is 29.7 Å². The molecule has 1 amide bonds. The van der Waals surface area contributed by atoms with Crippen LogP contribution in [0.5, 0.6) is 0 Å². The van der Waals surface area contributed by atoms with Crippen molar-refractivity contribution in [3.63, 3.8) is 0 Å². The van der Waals surface area contributed by atoms with Crippen molar-refractivity contribution < 1.29 is 9.18 Å². The minimum Gasteiger partial charge on any atom is -0.382 e. The van der Waals surface area contributed by atoms with E-state index in [0.717, 1.165) is 12.8 Å². The fraction of sp³-hybridized carbons (Fsp3) is 0.286. The summed E-state index contributed by atoms with van der Waals surface area (Å²) in [5.41, 5.74) is 6.82. The average Bonchev–Trinajstić information content (AvgIpc) is 3.28. The van der Waals surface area contributed by atoms with Crippen LogP contribution in [0.1, 0.15) is 47.4 Å². The number of nitrogens with zero attached hydrogens (tertiary/aromatic N) is 5. The van der Waals surface area contributed by atoms with Gasteiger partial charge in [0.15, 0.2) is 0 Å². The van der Waals surface area contributed by atoms with Gasteiger partial charge in [0.1, 0.15) is 40.9 Å². The average molecular weight is 405 g/mol. The van der Waals surface area contributed by atoms with Crippen LogP contribution in [0, 0.1) is 17.1 Å². The van der Waals surface area contributed by atoms with Crippen LogP contribution in [0.15, 0.2) is 30.6 Å². The second-order valence-corrected chi connectivity index (χ2v) is 7.19. The van der Waals surface area contributed by atoms with Gasteiger partial charge in [0.2, 0.25) is 0 Å². The third-order valence-corrected chi connectivity index (χ3v) is 5.20. The molecule has 3 heterocycles. The first kappa shape index (κ1) is 19.5. The second-order valence-electron chi connectivity index (χ2n) is 7.19. The summed E-state index contributed by atoms with van der Waals surface area (Å²) in [4.78, 5) is 27.4. The Labute approximate surface area is 172 Å². The first-order valence-corrected chi connectivity index (χ1v) is 9.65. The lowest BCUT2D eigenvalue weighted by Gasteiger charge is -2.22. The van der Waals surface area contributed by atoms with E-state index < -0.39 is 11.9 Å². The number of fused-ring (bicyclic) bond motifs is 1. The number of para-hydroxylation sites is 1. The predicted molar refractivity (Wildman–Crippen MR) is 110 cm³/mol. The van der Waals surface area contributed by atoms with E-state index in [-0.39, 0.29) is 28.6 Å². The molecular formula is C21H20FN7O. The van der Waals surface area contributed by atoms with Gasteiger partial charge in [-0.25, -0.2) is 19.3 Å². The topological polar surface area (TPSA) is 121 Å². The number of halogens is 1. The van der Waals surface area contributed by atoms with Crippen LogP contribution < -0.4 is 11.1 Å². The van der Waals surface area contributed by atoms with E-state index in [1.165, 1.54) is 12.4 Å². The smallest absolute Gasteiger partial charge is 0.255 e. The van der Waals surface area contributed by atoms with E-state index in [4.69, 9.17) is 5.73 Å². The number of rotatable bonds is 4. The molecular weight excluding hydrogens is 385 g/mol. The Hall–Kier alpha value is -3.80. The van der Waals surface area contributed by atoms with Crippen LogP contribution in [-0.4, -0.2) is 38.8 Å². The minimum atomic E-state index is -0.544. The van der Waals surface area contributed by atoms with Gasteiger partial charge in [-0.15, -0.1) is 0 Å². The number of amides is 1. The number of nitrogen functional groups attached to an aromatic ring is 1. The molecule has 2 aromatic heterocycles. The molecule has 1 aromatic carbocycles. The van der Waals surface area contributed by atoms with Crippen LogP contribution >= 0.6 is 0 Å². The number of hydrogen-bond donors (Lipinski definition) is 2. The van der Waals surface area contributed by atoms with Crippen LogP contribution in [0.4, 0.5) is 16.0 Å². The highest BCUT2D eigenvalue weighted by Crippen LogP contribution is 2.28. The Kier molecular flexibility index (Phi) is 5.14. The summed E-state index contributed by atoms with van der Waals surface area (Å²) in [6.07, 6.45) is 3.15. The van der Waals surface area contributed by atoms with Crippen LogP contribution in [0.3, 0.4) is 0 Å². The van der Waals surface area contributed by atoms with Gasteiger partial charge in [-0.3, -0.25) is 4.79 Å². The molecule has 4 rings (SSSR count). The number of pyridine rings is 1. The molecule has 1 aliphatic rings. The molecule has 0 bridgehead atoms. The fourth-order valence-electron chi connectivity index (χ4n) is 3.66. The molecule has 3 aromatic rings. The summed E-state index contributed by atoms with van der Waals surface area (Å²) in [5, 5.41) is 13.0. The number of benzene rings is 1. The van der Waals surface area contributed by atoms with Gasteiger partial charge in [0.05, 0.1) is 17.3 Å². The SMILES string of the molecule is C[C@H](Nc1ncnc(N)c1C#N)c1nc2c(F)cccc2cc1C(=O)N1CCCC1. The third kappa shape index (κ3) is 3.48. The second kappa shape index (κ2) is 7.91. The van der Waals surface area contributed by atoms with Gasteiger partial charge in [-0.1, -0.05) is 12.1 Å². The Bertz CT molecular complexity index is 1170. The summed E-state index contributed by atoms with van der Waals surface area (Å²) in [5.74, 6) is -0.330. The quantitative estimate of drug-likeness (QED) is 0.684. The number of nitrogens with two attached hydrogens (primary N) is 1. The Morgan fingerprint density at radius 1 is 1.33 bits per heavy atom. The fourth-order valence-corrected chi connectivity index (χ4v) is 3.66. The predicted octanol–water partition coefficient (Wildman–Crippen LogP) is 3.03. The number of nitrogens with one attached hydrogen (secondary N) is 1. The van der Waals surface area contributed by atoms with Crippen molar-refractivity contribution in [2.24, 2.45) is 0 Å². The normalized spacial score (nSPS) is 14.5. The molecule has 9 heteroatoms. The number of carbonyl (C=O) groups is 1. The summed E-state index contributed by atoms with van der Waals surface area (Å²) in [6.45, 7) is 3.14. The van der Waals surface area contributed by atoms with Crippen molar-refractivity contribution in [1.29, 1.82) is 5.26 Å². The summed E-state index contributed by atoms with van der Waals surface area (Å²) < 4.78 is 14.4. The zero-order chi connectivity index (χ0) is 21.3. The van der Waals surface area contributed by atoms with Crippen molar-refractivity contribution in [2.45, 2.75) is 25.8 Å². The number of carbonyl (C=O) groups excluding carboxylic acids is 1. The van der Waals surface area contributed by atoms with Gasteiger partial charge in [-0.2, -0.15) is 5.26 Å². The van der Waals surface area contributed by atoms with E-state index in [1.54, 1.807) is 30.0 Å². The number of likely N-dealkylation sites (tertiary alicyclic amines) is 1. The molecule has 0 unspecified atom stereocenters. The first-order valence-electron chi connectivity index (χ1n) is 9.65. The molecule has 0 saturated carbocycles. The monoisotopic (exact) mass is 405 g/mol. The maximum absolute atomic E-state index is 14.4. The van der Waals surface area contributed by atoms with Crippen LogP contribution in [0.25, 0.3) is 10.9 Å². The zero-order valence-corrected chi connectivity index (χ0v) is 16.4. The first-order chi connectivity index (χ1) is 14.5. The molecule has 8 nitrogen and oxygen atoms in total.